The molecule has 1 saturated carbocycles. The van der Waals surface area contributed by atoms with Crippen molar-refractivity contribution in [2.45, 2.75) is 49.5 Å². The molecule has 0 spiro atoms. The third kappa shape index (κ3) is 2.31. The van der Waals surface area contributed by atoms with E-state index >= 15 is 0 Å². The first-order valence-corrected chi connectivity index (χ1v) is 8.97. The number of allylic oxidation sites excluding steroid dienone is 1. The Bertz CT molecular complexity index is 680. The monoisotopic (exact) mass is 329 g/mol. The molecule has 130 valence electrons. The number of aliphatic hydroxyl groups excluding tert-OH is 1. The van der Waals surface area contributed by atoms with Gasteiger partial charge in [-0.15, -0.1) is 0 Å². The summed E-state index contributed by atoms with van der Waals surface area (Å²) in [7, 11) is 5.58. The molecule has 0 bridgehead atoms. The molecule has 4 nitrogen and oxygen atoms in total. The normalized spacial score (nSPS) is 29.2. The fourth-order valence-electron chi connectivity index (χ4n) is 4.58. The Kier molecular flexibility index (Phi) is 3.75. The lowest BCUT2D eigenvalue weighted by Gasteiger charge is -2.37. The molecule has 1 N–H and O–H groups in total. The Morgan fingerprint density at radius 1 is 1.12 bits per heavy atom. The number of likely N-dealkylation sites (tertiary alicyclic amines) is 1. The summed E-state index contributed by atoms with van der Waals surface area (Å²) in [5.74, 6) is 2.34. The number of benzene rings is 1. The molecule has 1 aromatic rings. The molecule has 0 unspecified atom stereocenters. The van der Waals surface area contributed by atoms with E-state index < -0.39 is 0 Å². The van der Waals surface area contributed by atoms with Gasteiger partial charge in [-0.3, -0.25) is 0 Å². The molecule has 4 rings (SSSR count). The highest BCUT2D eigenvalue weighted by Gasteiger charge is 2.46. The minimum Gasteiger partial charge on any atom is -0.493 e. The van der Waals surface area contributed by atoms with Crippen LogP contribution in [0.1, 0.15) is 49.1 Å². The van der Waals surface area contributed by atoms with Crippen LogP contribution in [0.4, 0.5) is 0 Å². The first-order chi connectivity index (χ1) is 11.6. The van der Waals surface area contributed by atoms with E-state index in [1.165, 1.54) is 29.7 Å². The quantitative estimate of drug-likeness (QED) is 0.921. The lowest BCUT2D eigenvalue weighted by molar-refractivity contribution is 0.181. The molecule has 2 atom stereocenters. The second kappa shape index (κ2) is 5.69. The van der Waals surface area contributed by atoms with Crippen molar-refractivity contribution >= 4 is 0 Å². The van der Waals surface area contributed by atoms with E-state index in [4.69, 9.17) is 9.47 Å². The Labute approximate surface area is 144 Å². The molecular formula is C20H27NO3. The van der Waals surface area contributed by atoms with Crippen LogP contribution in [-0.4, -0.2) is 43.9 Å². The average Bonchev–Trinajstić information content (AvgIpc) is 3.39. The van der Waals surface area contributed by atoms with Crippen molar-refractivity contribution in [1.29, 1.82) is 0 Å². The summed E-state index contributed by atoms with van der Waals surface area (Å²) >= 11 is 0. The molecule has 24 heavy (non-hydrogen) atoms. The van der Waals surface area contributed by atoms with Crippen molar-refractivity contribution in [1.82, 2.24) is 4.90 Å². The minimum absolute atomic E-state index is 0.0111. The molecule has 4 heteroatoms. The molecular weight excluding hydrogens is 302 g/mol. The van der Waals surface area contributed by atoms with E-state index in [0.29, 0.717) is 5.92 Å². The van der Waals surface area contributed by atoms with Crippen LogP contribution in [0.2, 0.25) is 0 Å². The Morgan fingerprint density at radius 3 is 2.58 bits per heavy atom. The van der Waals surface area contributed by atoms with E-state index in [1.807, 2.05) is 0 Å². The summed E-state index contributed by atoms with van der Waals surface area (Å²) in [5.41, 5.74) is 3.90. The maximum Gasteiger partial charge on any atom is 0.164 e. The number of hydrogen-bond donors (Lipinski definition) is 1. The van der Waals surface area contributed by atoms with Crippen LogP contribution in [0.3, 0.4) is 0 Å². The number of hydrogen-bond acceptors (Lipinski definition) is 4. The molecule has 0 amide bonds. The number of methoxy groups -OCH3 is 2. The predicted molar refractivity (Wildman–Crippen MR) is 93.8 cm³/mol. The zero-order valence-corrected chi connectivity index (χ0v) is 14.8. The highest BCUT2D eigenvalue weighted by Crippen LogP contribution is 2.54. The van der Waals surface area contributed by atoms with Gasteiger partial charge in [0.1, 0.15) is 0 Å². The number of likely N-dealkylation sites (N-methyl/N-ethyl adjacent to an activating group) is 1. The fraction of sp³-hybridized carbons (Fsp3) is 0.600. The maximum atomic E-state index is 10.1. The maximum absolute atomic E-state index is 10.1. The van der Waals surface area contributed by atoms with E-state index in [9.17, 15) is 5.11 Å². The highest BCUT2D eigenvalue weighted by atomic mass is 16.5. The standard InChI is InChI=1S/C20H27NO3/c1-21-9-8-20(7-6-15(22)12-18(20)21)14-10-16(13-4-5-13)19(24-3)17(11-14)23-2/h10-13,15,22H,4-9H2,1-3H3/t15-,20-/m0/s1. The summed E-state index contributed by atoms with van der Waals surface area (Å²) in [6.45, 7) is 1.03. The summed E-state index contributed by atoms with van der Waals surface area (Å²) < 4.78 is 11.3. The van der Waals surface area contributed by atoms with Gasteiger partial charge in [-0.1, -0.05) is 6.07 Å². The second-order valence-corrected chi connectivity index (χ2v) is 7.49. The topological polar surface area (TPSA) is 41.9 Å². The molecule has 1 saturated heterocycles. The van der Waals surface area contributed by atoms with Crippen molar-refractivity contribution in [3.63, 3.8) is 0 Å². The van der Waals surface area contributed by atoms with Gasteiger partial charge < -0.3 is 19.5 Å². The lowest BCUT2D eigenvalue weighted by atomic mass is 9.69. The highest BCUT2D eigenvalue weighted by molar-refractivity contribution is 5.56. The Morgan fingerprint density at radius 2 is 1.92 bits per heavy atom. The van der Waals surface area contributed by atoms with Crippen LogP contribution in [0.15, 0.2) is 23.9 Å². The van der Waals surface area contributed by atoms with E-state index in [1.54, 1.807) is 14.2 Å². The van der Waals surface area contributed by atoms with Crippen LogP contribution in [-0.2, 0) is 5.41 Å². The molecule has 0 radical (unpaired) electrons. The first-order valence-electron chi connectivity index (χ1n) is 8.97. The lowest BCUT2D eigenvalue weighted by Crippen LogP contribution is -2.33. The van der Waals surface area contributed by atoms with Gasteiger partial charge >= 0.3 is 0 Å². The first kappa shape index (κ1) is 15.8. The van der Waals surface area contributed by atoms with Crippen molar-refractivity contribution in [2.75, 3.05) is 27.8 Å². The van der Waals surface area contributed by atoms with Crippen LogP contribution >= 0.6 is 0 Å². The molecule has 2 fully saturated rings. The minimum atomic E-state index is -0.322. The number of rotatable bonds is 4. The van der Waals surface area contributed by atoms with E-state index in [0.717, 1.165) is 37.3 Å². The van der Waals surface area contributed by atoms with Crippen LogP contribution in [0.5, 0.6) is 11.5 Å². The van der Waals surface area contributed by atoms with Gasteiger partial charge in [0.15, 0.2) is 11.5 Å². The second-order valence-electron chi connectivity index (χ2n) is 7.49. The number of nitrogens with zero attached hydrogens (tertiary/aromatic N) is 1. The molecule has 1 heterocycles. The van der Waals surface area contributed by atoms with Gasteiger partial charge in [0.2, 0.25) is 0 Å². The zero-order chi connectivity index (χ0) is 16.9. The third-order valence-corrected chi connectivity index (χ3v) is 6.07. The van der Waals surface area contributed by atoms with Crippen molar-refractivity contribution in [2.24, 2.45) is 0 Å². The van der Waals surface area contributed by atoms with Gasteiger partial charge in [-0.05, 0) is 55.7 Å². The number of ether oxygens (including phenoxy) is 2. The zero-order valence-electron chi connectivity index (χ0n) is 14.8. The van der Waals surface area contributed by atoms with Crippen molar-refractivity contribution in [3.05, 3.63) is 35.0 Å². The van der Waals surface area contributed by atoms with Crippen LogP contribution < -0.4 is 9.47 Å². The molecule has 1 aromatic carbocycles. The fourth-order valence-corrected chi connectivity index (χ4v) is 4.58. The van der Waals surface area contributed by atoms with Crippen molar-refractivity contribution in [3.8, 4) is 11.5 Å². The van der Waals surface area contributed by atoms with E-state index in [-0.39, 0.29) is 11.5 Å². The van der Waals surface area contributed by atoms with Crippen LogP contribution in [0.25, 0.3) is 0 Å². The van der Waals surface area contributed by atoms with Crippen molar-refractivity contribution < 1.29 is 14.6 Å². The molecule has 3 aliphatic rings. The number of fused-ring (bicyclic) bond motifs is 1. The largest absolute Gasteiger partial charge is 0.493 e. The Hall–Kier alpha value is -1.68. The third-order valence-electron chi connectivity index (χ3n) is 6.07. The SMILES string of the molecule is COc1cc([C@@]23CC[C@H](O)C=C2N(C)CC3)cc(C2CC2)c1OC. The average molecular weight is 329 g/mol. The molecule has 0 aromatic heterocycles. The van der Waals surface area contributed by atoms with Gasteiger partial charge in [-0.25, -0.2) is 0 Å². The summed E-state index contributed by atoms with van der Waals surface area (Å²) in [6, 6.07) is 4.51. The smallest absolute Gasteiger partial charge is 0.164 e. The Balaban J connectivity index is 1.87. The van der Waals surface area contributed by atoms with E-state index in [2.05, 4.69) is 30.2 Å². The van der Waals surface area contributed by atoms with Gasteiger partial charge in [0.25, 0.3) is 0 Å². The van der Waals surface area contributed by atoms with Gasteiger partial charge in [0, 0.05) is 30.3 Å². The summed E-state index contributed by atoms with van der Waals surface area (Å²) in [5, 5.41) is 10.1. The van der Waals surface area contributed by atoms with Gasteiger partial charge in [0.05, 0.1) is 20.3 Å². The predicted octanol–water partition coefficient (Wildman–Crippen LogP) is 3.19. The molecule has 2 aliphatic carbocycles. The number of aliphatic hydroxyl groups is 1. The van der Waals surface area contributed by atoms with Crippen LogP contribution in [0, 0.1) is 0 Å². The van der Waals surface area contributed by atoms with Gasteiger partial charge in [-0.2, -0.15) is 0 Å². The summed E-state index contributed by atoms with van der Waals surface area (Å²) in [4.78, 5) is 2.30. The molecule has 1 aliphatic heterocycles. The summed E-state index contributed by atoms with van der Waals surface area (Å²) in [6.07, 6.45) is 7.12.